The van der Waals surface area contributed by atoms with Crippen molar-refractivity contribution in [2.75, 3.05) is 13.0 Å². The molecule has 0 bridgehead atoms. The van der Waals surface area contributed by atoms with Gasteiger partial charge in [0.15, 0.2) is 11.5 Å². The Bertz CT molecular complexity index is 1060. The minimum atomic E-state index is -3.47. The zero-order valence-corrected chi connectivity index (χ0v) is 14.3. The highest BCUT2D eigenvalue weighted by atomic mass is 35.5. The Morgan fingerprint density at radius 3 is 2.83 bits per heavy atom. The third-order valence-corrected chi connectivity index (χ3v) is 5.03. The number of hydrogen-bond acceptors (Lipinski definition) is 5. The number of nitrogens with zero attached hydrogens (tertiary/aromatic N) is 2. The van der Waals surface area contributed by atoms with Crippen LogP contribution in [0, 0.1) is 0 Å². The van der Waals surface area contributed by atoms with E-state index in [9.17, 15) is 8.42 Å². The summed E-state index contributed by atoms with van der Waals surface area (Å²) in [4.78, 5) is 4.26. The van der Waals surface area contributed by atoms with Crippen LogP contribution < -0.4 is 9.47 Å². The predicted octanol–water partition coefficient (Wildman–Crippen LogP) is 2.87. The maximum atomic E-state index is 12.1. The molecule has 4 rings (SSSR count). The van der Waals surface area contributed by atoms with Gasteiger partial charge in [-0.2, -0.15) is 0 Å². The van der Waals surface area contributed by atoms with Crippen molar-refractivity contribution in [1.82, 2.24) is 9.55 Å². The van der Waals surface area contributed by atoms with Gasteiger partial charge >= 0.3 is 0 Å². The molecule has 0 spiro atoms. The highest BCUT2D eigenvalue weighted by Crippen LogP contribution is 2.40. The van der Waals surface area contributed by atoms with Crippen molar-refractivity contribution >= 4 is 32.5 Å². The predicted molar refractivity (Wildman–Crippen MR) is 89.5 cm³/mol. The molecule has 0 unspecified atom stereocenters. The van der Waals surface area contributed by atoms with Gasteiger partial charge in [0.25, 0.3) is 0 Å². The van der Waals surface area contributed by atoms with Gasteiger partial charge in [0, 0.05) is 6.26 Å². The molecule has 3 aromatic rings. The first kappa shape index (κ1) is 15.3. The number of fused-ring (bicyclic) bond motifs is 2. The lowest BCUT2D eigenvalue weighted by molar-refractivity contribution is 0.174. The molecule has 0 N–H and O–H groups in total. The Morgan fingerprint density at radius 1 is 1.25 bits per heavy atom. The average Bonchev–Trinajstić information content (AvgIpc) is 3.12. The lowest BCUT2D eigenvalue weighted by Crippen LogP contribution is -2.10. The summed E-state index contributed by atoms with van der Waals surface area (Å²) in [6, 6.07) is 10.8. The van der Waals surface area contributed by atoms with Crippen molar-refractivity contribution in [3.8, 4) is 11.5 Å². The van der Waals surface area contributed by atoms with E-state index < -0.39 is 9.84 Å². The van der Waals surface area contributed by atoms with Crippen LogP contribution in [-0.2, 0) is 16.4 Å². The van der Waals surface area contributed by atoms with E-state index in [2.05, 4.69) is 4.98 Å². The number of imidazole rings is 1. The summed E-state index contributed by atoms with van der Waals surface area (Å²) in [6.07, 6.45) is 1.15. The molecular weight excluding hydrogens is 352 g/mol. The summed E-state index contributed by atoms with van der Waals surface area (Å²) in [6.45, 7) is 0.431. The van der Waals surface area contributed by atoms with E-state index in [1.54, 1.807) is 22.8 Å². The third-order valence-electron chi connectivity index (χ3n) is 3.78. The maximum Gasteiger partial charge on any atom is 0.231 e. The van der Waals surface area contributed by atoms with Gasteiger partial charge in [-0.05, 0) is 29.8 Å². The lowest BCUT2D eigenvalue weighted by atomic mass is 10.2. The number of hydrogen-bond donors (Lipinski definition) is 0. The van der Waals surface area contributed by atoms with Crippen LogP contribution >= 0.6 is 11.6 Å². The van der Waals surface area contributed by atoms with Gasteiger partial charge in [-0.3, -0.25) is 0 Å². The molecule has 0 radical (unpaired) electrons. The van der Waals surface area contributed by atoms with Gasteiger partial charge < -0.3 is 14.0 Å². The fourth-order valence-electron chi connectivity index (χ4n) is 2.78. The van der Waals surface area contributed by atoms with Gasteiger partial charge in [0.2, 0.25) is 21.8 Å². The molecule has 2 heterocycles. The molecule has 6 nitrogen and oxygen atoms in total. The van der Waals surface area contributed by atoms with E-state index >= 15 is 0 Å². The van der Waals surface area contributed by atoms with Crippen LogP contribution in [-0.4, -0.2) is 31.0 Å². The van der Waals surface area contributed by atoms with Crippen LogP contribution in [0.2, 0.25) is 5.02 Å². The van der Waals surface area contributed by atoms with Crippen molar-refractivity contribution in [3.63, 3.8) is 0 Å². The number of para-hydroxylation sites is 2. The summed E-state index contributed by atoms with van der Waals surface area (Å²) in [7, 11) is -3.47. The van der Waals surface area contributed by atoms with Crippen molar-refractivity contribution in [2.24, 2.45) is 0 Å². The summed E-state index contributed by atoms with van der Waals surface area (Å²) in [5.41, 5.74) is 2.17. The molecule has 0 atom stereocenters. The second-order valence-corrected chi connectivity index (χ2v) is 7.87. The van der Waals surface area contributed by atoms with Crippen LogP contribution in [0.3, 0.4) is 0 Å². The van der Waals surface area contributed by atoms with Crippen LogP contribution in [0.5, 0.6) is 11.5 Å². The van der Waals surface area contributed by atoms with Gasteiger partial charge in [0.1, 0.15) is 0 Å². The number of halogens is 1. The van der Waals surface area contributed by atoms with E-state index in [-0.39, 0.29) is 11.9 Å². The topological polar surface area (TPSA) is 70.4 Å². The van der Waals surface area contributed by atoms with Crippen molar-refractivity contribution in [2.45, 2.75) is 11.7 Å². The number of sulfone groups is 1. The number of rotatable bonds is 3. The fourth-order valence-corrected chi connectivity index (χ4v) is 3.90. The van der Waals surface area contributed by atoms with Crippen molar-refractivity contribution < 1.29 is 17.9 Å². The minimum Gasteiger partial charge on any atom is -0.454 e. The SMILES string of the molecule is CS(=O)(=O)c1nc2ccccc2n1Cc1cc(Cl)c2c(c1)OCO2. The van der Waals surface area contributed by atoms with Crippen LogP contribution in [0.4, 0.5) is 0 Å². The molecule has 8 heteroatoms. The number of ether oxygens (including phenoxy) is 2. The van der Waals surface area contributed by atoms with E-state index in [4.69, 9.17) is 21.1 Å². The van der Waals surface area contributed by atoms with E-state index in [0.717, 1.165) is 17.3 Å². The van der Waals surface area contributed by atoms with E-state index in [0.29, 0.717) is 28.6 Å². The molecule has 24 heavy (non-hydrogen) atoms. The maximum absolute atomic E-state index is 12.1. The highest BCUT2D eigenvalue weighted by molar-refractivity contribution is 7.90. The number of aromatic nitrogens is 2. The Kier molecular flexibility index (Phi) is 3.43. The van der Waals surface area contributed by atoms with Crippen LogP contribution in [0.1, 0.15) is 5.56 Å². The van der Waals surface area contributed by atoms with Crippen LogP contribution in [0.25, 0.3) is 11.0 Å². The molecule has 124 valence electrons. The lowest BCUT2D eigenvalue weighted by Gasteiger charge is -2.10. The largest absolute Gasteiger partial charge is 0.454 e. The molecule has 0 saturated carbocycles. The second-order valence-electron chi connectivity index (χ2n) is 5.55. The van der Waals surface area contributed by atoms with E-state index in [1.165, 1.54) is 0 Å². The molecule has 1 aliphatic heterocycles. The third kappa shape index (κ3) is 2.50. The van der Waals surface area contributed by atoms with Gasteiger partial charge in [-0.15, -0.1) is 0 Å². The molecular formula is C16H13ClN2O4S. The molecule has 0 amide bonds. The average molecular weight is 365 g/mol. The van der Waals surface area contributed by atoms with Crippen molar-refractivity contribution in [3.05, 3.63) is 47.0 Å². The first-order chi connectivity index (χ1) is 11.4. The molecule has 1 aromatic heterocycles. The van der Waals surface area contributed by atoms with Gasteiger partial charge in [-0.1, -0.05) is 23.7 Å². The molecule has 0 saturated heterocycles. The molecule has 1 aliphatic rings. The molecule has 0 aliphatic carbocycles. The summed E-state index contributed by atoms with van der Waals surface area (Å²) >= 11 is 6.21. The zero-order valence-electron chi connectivity index (χ0n) is 12.7. The summed E-state index contributed by atoms with van der Waals surface area (Å²) in [5, 5.41) is 0.461. The Morgan fingerprint density at radius 2 is 2.04 bits per heavy atom. The zero-order chi connectivity index (χ0) is 16.9. The monoisotopic (exact) mass is 364 g/mol. The fraction of sp³-hybridized carbons (Fsp3) is 0.188. The Labute approximate surface area is 143 Å². The first-order valence-corrected chi connectivity index (χ1v) is 9.44. The second kappa shape index (κ2) is 5.39. The Balaban J connectivity index is 1.87. The smallest absolute Gasteiger partial charge is 0.231 e. The van der Waals surface area contributed by atoms with Crippen LogP contribution in [0.15, 0.2) is 41.6 Å². The van der Waals surface area contributed by atoms with Gasteiger partial charge in [-0.25, -0.2) is 13.4 Å². The number of benzene rings is 2. The minimum absolute atomic E-state index is 0.0255. The summed E-state index contributed by atoms with van der Waals surface area (Å²) < 4.78 is 36.6. The normalized spacial score (nSPS) is 13.6. The quantitative estimate of drug-likeness (QED) is 0.714. The molecule has 0 fully saturated rings. The van der Waals surface area contributed by atoms with Gasteiger partial charge in [0.05, 0.1) is 22.6 Å². The first-order valence-electron chi connectivity index (χ1n) is 7.17. The standard InChI is InChI=1S/C16H13ClN2O4S/c1-24(20,21)16-18-12-4-2-3-5-13(12)19(16)8-10-6-11(17)15-14(7-10)22-9-23-15/h2-7H,8-9H2,1H3. The summed E-state index contributed by atoms with van der Waals surface area (Å²) in [5.74, 6) is 1.07. The van der Waals surface area contributed by atoms with Crippen molar-refractivity contribution in [1.29, 1.82) is 0 Å². The molecule has 2 aromatic carbocycles. The highest BCUT2D eigenvalue weighted by Gasteiger charge is 2.22. The Hall–Kier alpha value is -2.25. The van der Waals surface area contributed by atoms with E-state index in [1.807, 2.05) is 18.2 Å².